The lowest BCUT2D eigenvalue weighted by molar-refractivity contribution is 0.174. The molecule has 1 fully saturated rings. The van der Waals surface area contributed by atoms with Crippen molar-refractivity contribution in [1.82, 2.24) is 19.7 Å². The number of hydrogen-bond donors (Lipinski definition) is 1. The number of para-hydroxylation sites is 1. The molecule has 1 unspecified atom stereocenters. The number of carbonyl (C=O) groups is 1. The average Bonchev–Trinajstić information content (AvgIpc) is 3.46. The SMILES string of the molecule is CC(Nc1nccc(N2C(=O)OC[C@@]2(C)c2ccccc2)n1)c1cnn(-c2ccccc2)c1. The predicted molar refractivity (Wildman–Crippen MR) is 125 cm³/mol. The molecule has 1 aliphatic heterocycles. The molecule has 166 valence electrons. The highest BCUT2D eigenvalue weighted by atomic mass is 16.6. The van der Waals surface area contributed by atoms with Gasteiger partial charge in [-0.3, -0.25) is 0 Å². The van der Waals surface area contributed by atoms with E-state index < -0.39 is 11.6 Å². The highest BCUT2D eigenvalue weighted by molar-refractivity contribution is 5.90. The Kier molecular flexibility index (Phi) is 5.26. The zero-order valence-corrected chi connectivity index (χ0v) is 18.4. The van der Waals surface area contributed by atoms with Crippen molar-refractivity contribution in [3.63, 3.8) is 0 Å². The zero-order chi connectivity index (χ0) is 22.8. The van der Waals surface area contributed by atoms with E-state index in [1.165, 1.54) is 0 Å². The van der Waals surface area contributed by atoms with Crippen molar-refractivity contribution < 1.29 is 9.53 Å². The van der Waals surface area contributed by atoms with Gasteiger partial charge in [-0.1, -0.05) is 48.5 Å². The molecule has 8 heteroatoms. The summed E-state index contributed by atoms with van der Waals surface area (Å²) in [6.45, 7) is 4.24. The number of amides is 1. The molecule has 4 aromatic rings. The van der Waals surface area contributed by atoms with Crippen molar-refractivity contribution in [2.75, 3.05) is 16.8 Å². The number of benzene rings is 2. The lowest BCUT2D eigenvalue weighted by Gasteiger charge is -2.31. The van der Waals surface area contributed by atoms with E-state index in [-0.39, 0.29) is 12.6 Å². The van der Waals surface area contributed by atoms with E-state index in [4.69, 9.17) is 4.74 Å². The van der Waals surface area contributed by atoms with Gasteiger partial charge < -0.3 is 10.1 Å². The van der Waals surface area contributed by atoms with Crippen molar-refractivity contribution in [2.24, 2.45) is 0 Å². The van der Waals surface area contributed by atoms with Crippen molar-refractivity contribution >= 4 is 17.9 Å². The molecule has 1 saturated heterocycles. The smallest absolute Gasteiger partial charge is 0.416 e. The summed E-state index contributed by atoms with van der Waals surface area (Å²) in [6.07, 6.45) is 5.00. The number of rotatable bonds is 6. The number of anilines is 2. The van der Waals surface area contributed by atoms with E-state index in [2.05, 4.69) is 20.4 Å². The van der Waals surface area contributed by atoms with E-state index in [1.807, 2.05) is 91.6 Å². The molecule has 0 saturated carbocycles. The molecule has 2 atom stereocenters. The molecular formula is C25H24N6O2. The standard InChI is InChI=1S/C25H24N6O2/c1-18(19-15-27-30(16-19)21-11-7-4-8-12-21)28-23-26-14-13-22(29-23)31-24(32)33-17-25(31,2)20-9-5-3-6-10-20/h3-16,18H,17H2,1-2H3,(H,26,28,29)/t18?,25-/m0/s1. The largest absolute Gasteiger partial charge is 0.446 e. The number of ether oxygens (including phenoxy) is 1. The van der Waals surface area contributed by atoms with Crippen LogP contribution in [0.25, 0.3) is 5.69 Å². The number of nitrogens with one attached hydrogen (secondary N) is 1. The Bertz CT molecular complexity index is 1260. The first kappa shape index (κ1) is 20.7. The molecule has 3 heterocycles. The molecule has 1 aliphatic rings. The maximum atomic E-state index is 12.7. The van der Waals surface area contributed by atoms with Crippen molar-refractivity contribution in [3.8, 4) is 5.69 Å². The molecule has 0 radical (unpaired) electrons. The van der Waals surface area contributed by atoms with Crippen LogP contribution >= 0.6 is 0 Å². The van der Waals surface area contributed by atoms with Gasteiger partial charge in [-0.25, -0.2) is 19.4 Å². The summed E-state index contributed by atoms with van der Waals surface area (Å²) >= 11 is 0. The monoisotopic (exact) mass is 440 g/mol. The van der Waals surface area contributed by atoms with Gasteiger partial charge in [-0.15, -0.1) is 0 Å². The third-order valence-electron chi connectivity index (χ3n) is 5.89. The summed E-state index contributed by atoms with van der Waals surface area (Å²) in [5.74, 6) is 0.899. The van der Waals surface area contributed by atoms with E-state index in [0.29, 0.717) is 11.8 Å². The van der Waals surface area contributed by atoms with Crippen LogP contribution < -0.4 is 10.2 Å². The third kappa shape index (κ3) is 3.91. The summed E-state index contributed by atoms with van der Waals surface area (Å²) in [7, 11) is 0. The molecule has 2 aromatic heterocycles. The van der Waals surface area contributed by atoms with Gasteiger partial charge in [-0.2, -0.15) is 10.1 Å². The normalized spacial score (nSPS) is 18.7. The average molecular weight is 441 g/mol. The molecule has 0 bridgehead atoms. The van der Waals surface area contributed by atoms with Crippen LogP contribution in [0.3, 0.4) is 0 Å². The summed E-state index contributed by atoms with van der Waals surface area (Å²) < 4.78 is 7.25. The topological polar surface area (TPSA) is 85.2 Å². The first-order valence-electron chi connectivity index (χ1n) is 10.8. The Labute approximate surface area is 191 Å². The lowest BCUT2D eigenvalue weighted by atomic mass is 9.92. The van der Waals surface area contributed by atoms with Gasteiger partial charge in [0.25, 0.3) is 0 Å². The minimum atomic E-state index is -0.660. The van der Waals surface area contributed by atoms with Crippen LogP contribution in [-0.2, 0) is 10.3 Å². The van der Waals surface area contributed by atoms with Crippen LogP contribution in [-0.4, -0.2) is 32.4 Å². The Morgan fingerprint density at radius 2 is 1.79 bits per heavy atom. The maximum Gasteiger partial charge on any atom is 0.416 e. The minimum Gasteiger partial charge on any atom is -0.446 e. The number of nitrogens with zero attached hydrogens (tertiary/aromatic N) is 5. The van der Waals surface area contributed by atoms with Crippen LogP contribution in [0.1, 0.15) is 31.0 Å². The molecule has 1 amide bonds. The fourth-order valence-electron chi connectivity index (χ4n) is 3.99. The Balaban J connectivity index is 1.38. The molecular weight excluding hydrogens is 416 g/mol. The van der Waals surface area contributed by atoms with Crippen LogP contribution in [0.2, 0.25) is 0 Å². The quantitative estimate of drug-likeness (QED) is 0.468. The van der Waals surface area contributed by atoms with Gasteiger partial charge in [0.05, 0.1) is 17.9 Å². The van der Waals surface area contributed by atoms with Gasteiger partial charge in [0.1, 0.15) is 18.0 Å². The first-order valence-corrected chi connectivity index (χ1v) is 10.8. The van der Waals surface area contributed by atoms with Crippen molar-refractivity contribution in [2.45, 2.75) is 25.4 Å². The second-order valence-electron chi connectivity index (χ2n) is 8.19. The molecule has 8 nitrogen and oxygen atoms in total. The van der Waals surface area contributed by atoms with Gasteiger partial charge in [0.2, 0.25) is 5.95 Å². The van der Waals surface area contributed by atoms with E-state index in [9.17, 15) is 4.79 Å². The second-order valence-corrected chi connectivity index (χ2v) is 8.19. The van der Waals surface area contributed by atoms with Gasteiger partial charge in [0, 0.05) is 18.0 Å². The fraction of sp³-hybridized carbons (Fsp3) is 0.200. The van der Waals surface area contributed by atoms with Crippen molar-refractivity contribution in [3.05, 3.63) is 96.4 Å². The Morgan fingerprint density at radius 1 is 1.06 bits per heavy atom. The summed E-state index contributed by atoms with van der Waals surface area (Å²) in [5.41, 5.74) is 2.29. The Hall–Kier alpha value is -4.20. The molecule has 33 heavy (non-hydrogen) atoms. The molecule has 1 N–H and O–H groups in total. The predicted octanol–water partition coefficient (Wildman–Crippen LogP) is 4.71. The lowest BCUT2D eigenvalue weighted by Crippen LogP contribution is -2.42. The van der Waals surface area contributed by atoms with E-state index in [0.717, 1.165) is 16.8 Å². The summed E-state index contributed by atoms with van der Waals surface area (Å²) in [5, 5.41) is 7.77. The number of aromatic nitrogens is 4. The van der Waals surface area contributed by atoms with E-state index in [1.54, 1.807) is 17.2 Å². The van der Waals surface area contributed by atoms with Crippen LogP contribution in [0.4, 0.5) is 16.6 Å². The van der Waals surface area contributed by atoms with Crippen LogP contribution in [0, 0.1) is 0 Å². The number of cyclic esters (lactones) is 1. The van der Waals surface area contributed by atoms with Gasteiger partial charge in [0.15, 0.2) is 0 Å². The molecule has 5 rings (SSSR count). The van der Waals surface area contributed by atoms with Crippen molar-refractivity contribution in [1.29, 1.82) is 0 Å². The number of carbonyl (C=O) groups excluding carboxylic acids is 1. The van der Waals surface area contributed by atoms with Gasteiger partial charge >= 0.3 is 6.09 Å². The second kappa shape index (κ2) is 8.38. The van der Waals surface area contributed by atoms with Crippen LogP contribution in [0.5, 0.6) is 0 Å². The third-order valence-corrected chi connectivity index (χ3v) is 5.89. The maximum absolute atomic E-state index is 12.7. The summed E-state index contributed by atoms with van der Waals surface area (Å²) in [4.78, 5) is 23.2. The molecule has 0 spiro atoms. The highest BCUT2D eigenvalue weighted by Gasteiger charge is 2.46. The summed E-state index contributed by atoms with van der Waals surface area (Å²) in [6, 6.07) is 21.4. The molecule has 2 aromatic carbocycles. The van der Waals surface area contributed by atoms with Crippen LogP contribution in [0.15, 0.2) is 85.3 Å². The zero-order valence-electron chi connectivity index (χ0n) is 18.4. The minimum absolute atomic E-state index is 0.0938. The fourth-order valence-corrected chi connectivity index (χ4v) is 3.99. The Morgan fingerprint density at radius 3 is 2.55 bits per heavy atom. The highest BCUT2D eigenvalue weighted by Crippen LogP contribution is 2.37. The number of hydrogen-bond acceptors (Lipinski definition) is 6. The first-order chi connectivity index (χ1) is 16.0. The molecule has 0 aliphatic carbocycles. The van der Waals surface area contributed by atoms with E-state index >= 15 is 0 Å². The van der Waals surface area contributed by atoms with Gasteiger partial charge in [-0.05, 0) is 37.6 Å².